The molecule has 3 rings (SSSR count). The highest BCUT2D eigenvalue weighted by Crippen LogP contribution is 2.20. The minimum absolute atomic E-state index is 0.0476. The third-order valence-corrected chi connectivity index (χ3v) is 6.73. The minimum atomic E-state index is -1.57. The summed E-state index contributed by atoms with van der Waals surface area (Å²) in [5, 5.41) is 45.1. The van der Waals surface area contributed by atoms with Gasteiger partial charge in [0.25, 0.3) is 0 Å². The maximum atomic E-state index is 13.6. The number of carboxylic acid groups (broad SMARTS) is 3. The van der Waals surface area contributed by atoms with Crippen LogP contribution in [0.3, 0.4) is 0 Å². The molecule has 3 aromatic rings. The van der Waals surface area contributed by atoms with Crippen molar-refractivity contribution in [3.05, 3.63) is 65.9 Å². The number of amides is 3. The number of fused-ring (bicyclic) bond motifs is 1. The number of H-pyrrole nitrogens is 1. The van der Waals surface area contributed by atoms with Crippen molar-refractivity contribution < 1.29 is 49.2 Å². The maximum absolute atomic E-state index is 13.6. The number of aromatic nitrogens is 1. The number of aliphatic carboxylic acids is 3. The van der Waals surface area contributed by atoms with Gasteiger partial charge in [-0.25, -0.2) is 4.79 Å². The Balaban J connectivity index is 1.91. The molecule has 3 amide bonds. The molecule has 1 aromatic heterocycles. The van der Waals surface area contributed by atoms with Crippen molar-refractivity contribution in [2.45, 2.75) is 56.3 Å². The second-order valence-electron chi connectivity index (χ2n) is 10.1. The van der Waals surface area contributed by atoms with Crippen molar-refractivity contribution in [1.82, 2.24) is 20.9 Å². The van der Waals surface area contributed by atoms with E-state index in [0.717, 1.165) is 10.9 Å². The molecule has 44 heavy (non-hydrogen) atoms. The third-order valence-electron chi connectivity index (χ3n) is 6.73. The van der Waals surface area contributed by atoms with Crippen LogP contribution >= 0.6 is 0 Å². The molecule has 0 fully saturated rings. The predicted molar refractivity (Wildman–Crippen MR) is 154 cm³/mol. The molecular formula is C29H33N5O10. The zero-order chi connectivity index (χ0) is 32.4. The van der Waals surface area contributed by atoms with Crippen LogP contribution < -0.4 is 21.7 Å². The lowest BCUT2D eigenvalue weighted by Crippen LogP contribution is -2.58. The molecule has 2 aromatic carbocycles. The molecule has 0 aliphatic rings. The standard InChI is InChI=1S/C29H33N5O10/c30-19(13-25(38)39)26(40)33-22(11-15-5-7-17(35)8-6-15)27(41)34-23(12-16-14-31-20-4-2-1-3-18(16)20)28(42)32-21(29(43)44)9-10-24(36)37/h1-8,14,19,21-23,31,35H,9-13,30H2,(H,32,42)(H,33,40)(H,34,41)(H,36,37)(H,38,39)(H,43,44). The molecule has 1 heterocycles. The lowest BCUT2D eigenvalue weighted by molar-refractivity contribution is -0.143. The summed E-state index contributed by atoms with van der Waals surface area (Å²) in [4.78, 5) is 76.6. The maximum Gasteiger partial charge on any atom is 0.326 e. The Bertz CT molecular complexity index is 1520. The SMILES string of the molecule is NC(CC(=O)O)C(=O)NC(Cc1ccc(O)cc1)C(=O)NC(Cc1c[nH]c2ccccc12)C(=O)NC(CCC(=O)O)C(=O)O. The Hall–Kier alpha value is -5.44. The van der Waals surface area contributed by atoms with E-state index in [2.05, 4.69) is 20.9 Å². The number of carbonyl (C=O) groups excluding carboxylic acids is 3. The second-order valence-corrected chi connectivity index (χ2v) is 10.1. The van der Waals surface area contributed by atoms with Gasteiger partial charge in [-0.3, -0.25) is 24.0 Å². The van der Waals surface area contributed by atoms with Crippen LogP contribution in [0.25, 0.3) is 10.9 Å². The molecule has 0 aliphatic carbocycles. The third kappa shape index (κ3) is 9.55. The van der Waals surface area contributed by atoms with Gasteiger partial charge in [0.05, 0.1) is 12.5 Å². The number of hydrogen-bond donors (Lipinski definition) is 9. The number of benzene rings is 2. The first kappa shape index (κ1) is 33.1. The highest BCUT2D eigenvalue weighted by atomic mass is 16.4. The topological polar surface area (TPSA) is 261 Å². The summed E-state index contributed by atoms with van der Waals surface area (Å²) < 4.78 is 0. The normalized spacial score (nSPS) is 13.7. The van der Waals surface area contributed by atoms with Crippen LogP contribution in [0.15, 0.2) is 54.7 Å². The van der Waals surface area contributed by atoms with E-state index in [1.54, 1.807) is 30.5 Å². The Labute approximate surface area is 250 Å². The van der Waals surface area contributed by atoms with E-state index in [0.29, 0.717) is 11.1 Å². The zero-order valence-electron chi connectivity index (χ0n) is 23.4. The number of rotatable bonds is 16. The van der Waals surface area contributed by atoms with E-state index in [-0.39, 0.29) is 18.6 Å². The Morgan fingerprint density at radius 3 is 1.95 bits per heavy atom. The van der Waals surface area contributed by atoms with Gasteiger partial charge in [0, 0.05) is 36.4 Å². The summed E-state index contributed by atoms with van der Waals surface area (Å²) in [6.45, 7) is 0. The first-order valence-electron chi connectivity index (χ1n) is 13.5. The summed E-state index contributed by atoms with van der Waals surface area (Å²) in [6, 6.07) is 7.03. The number of carbonyl (C=O) groups is 6. The average Bonchev–Trinajstić information content (AvgIpc) is 3.37. The quantitative estimate of drug-likeness (QED) is 0.103. The van der Waals surface area contributed by atoms with Crippen LogP contribution in [0.1, 0.15) is 30.4 Å². The summed E-state index contributed by atoms with van der Waals surface area (Å²) >= 11 is 0. The number of para-hydroxylation sites is 1. The van der Waals surface area contributed by atoms with Crippen LogP contribution in [0.2, 0.25) is 0 Å². The Kier molecular flexibility index (Phi) is 11.4. The molecule has 0 radical (unpaired) electrons. The molecule has 4 unspecified atom stereocenters. The van der Waals surface area contributed by atoms with Crippen LogP contribution in [0.5, 0.6) is 5.75 Å². The Morgan fingerprint density at radius 2 is 1.34 bits per heavy atom. The van der Waals surface area contributed by atoms with E-state index >= 15 is 0 Å². The fourth-order valence-electron chi connectivity index (χ4n) is 4.44. The van der Waals surface area contributed by atoms with Gasteiger partial charge in [-0.2, -0.15) is 0 Å². The molecule has 0 bridgehead atoms. The summed E-state index contributed by atoms with van der Waals surface area (Å²) in [7, 11) is 0. The number of carboxylic acids is 3. The highest BCUT2D eigenvalue weighted by molar-refractivity contribution is 5.95. The molecular weight excluding hydrogens is 578 g/mol. The molecule has 234 valence electrons. The number of phenolic OH excluding ortho intramolecular Hbond substituents is 1. The number of nitrogens with one attached hydrogen (secondary N) is 4. The van der Waals surface area contributed by atoms with Gasteiger partial charge in [-0.05, 0) is 35.7 Å². The van der Waals surface area contributed by atoms with Gasteiger partial charge >= 0.3 is 17.9 Å². The van der Waals surface area contributed by atoms with Gasteiger partial charge in [0.1, 0.15) is 23.9 Å². The highest BCUT2D eigenvalue weighted by Gasteiger charge is 2.31. The molecule has 15 heteroatoms. The zero-order valence-corrected chi connectivity index (χ0v) is 23.4. The van der Waals surface area contributed by atoms with Crippen LogP contribution in [-0.4, -0.2) is 85.2 Å². The van der Waals surface area contributed by atoms with E-state index in [9.17, 15) is 39.0 Å². The van der Waals surface area contributed by atoms with Gasteiger partial charge in [0.2, 0.25) is 17.7 Å². The van der Waals surface area contributed by atoms with E-state index in [4.69, 9.17) is 15.9 Å². The summed E-state index contributed by atoms with van der Waals surface area (Å²) in [6.07, 6.45) is -0.297. The van der Waals surface area contributed by atoms with Crippen molar-refractivity contribution in [2.75, 3.05) is 0 Å². The fourth-order valence-corrected chi connectivity index (χ4v) is 4.44. The Morgan fingerprint density at radius 1 is 0.750 bits per heavy atom. The van der Waals surface area contributed by atoms with E-state index < -0.39 is 79.1 Å². The molecule has 0 aliphatic heterocycles. The van der Waals surface area contributed by atoms with Gasteiger partial charge < -0.3 is 47.1 Å². The van der Waals surface area contributed by atoms with Crippen molar-refractivity contribution in [3.8, 4) is 5.75 Å². The molecule has 0 spiro atoms. The van der Waals surface area contributed by atoms with E-state index in [1.807, 2.05) is 0 Å². The molecule has 0 saturated heterocycles. The average molecular weight is 612 g/mol. The lowest BCUT2D eigenvalue weighted by Gasteiger charge is -2.25. The number of nitrogens with two attached hydrogens (primary N) is 1. The molecule has 0 saturated carbocycles. The lowest BCUT2D eigenvalue weighted by atomic mass is 10.0. The number of aromatic amines is 1. The first-order valence-corrected chi connectivity index (χ1v) is 13.5. The van der Waals surface area contributed by atoms with E-state index in [1.165, 1.54) is 24.3 Å². The van der Waals surface area contributed by atoms with Crippen molar-refractivity contribution >= 4 is 46.5 Å². The van der Waals surface area contributed by atoms with Crippen LogP contribution in [0, 0.1) is 0 Å². The van der Waals surface area contributed by atoms with Crippen LogP contribution in [0.4, 0.5) is 0 Å². The monoisotopic (exact) mass is 611 g/mol. The number of aromatic hydroxyl groups is 1. The largest absolute Gasteiger partial charge is 0.508 e. The number of phenols is 1. The first-order chi connectivity index (χ1) is 20.8. The van der Waals surface area contributed by atoms with Crippen LogP contribution in [-0.2, 0) is 41.6 Å². The minimum Gasteiger partial charge on any atom is -0.508 e. The molecule has 10 N–H and O–H groups in total. The summed E-state index contributed by atoms with van der Waals surface area (Å²) in [5.74, 6) is -6.84. The molecule has 4 atom stereocenters. The van der Waals surface area contributed by atoms with Gasteiger partial charge in [0.15, 0.2) is 0 Å². The van der Waals surface area contributed by atoms with Gasteiger partial charge in [-0.1, -0.05) is 30.3 Å². The summed E-state index contributed by atoms with van der Waals surface area (Å²) in [5.41, 5.74) is 7.51. The second kappa shape index (κ2) is 15.2. The number of hydrogen-bond acceptors (Lipinski definition) is 8. The fraction of sp³-hybridized carbons (Fsp3) is 0.310. The van der Waals surface area contributed by atoms with Crippen molar-refractivity contribution in [3.63, 3.8) is 0 Å². The van der Waals surface area contributed by atoms with Crippen molar-refractivity contribution in [2.24, 2.45) is 5.73 Å². The predicted octanol–water partition coefficient (Wildman–Crippen LogP) is -0.135. The van der Waals surface area contributed by atoms with Gasteiger partial charge in [-0.15, -0.1) is 0 Å². The van der Waals surface area contributed by atoms with Crippen molar-refractivity contribution in [1.29, 1.82) is 0 Å². The smallest absolute Gasteiger partial charge is 0.326 e. The molecule has 15 nitrogen and oxygen atoms in total.